The molecule has 0 aromatic carbocycles. The number of carboxylic acid groups (broad SMARTS) is 4. The van der Waals surface area contributed by atoms with Crippen molar-refractivity contribution in [3.05, 3.63) is 7.43 Å². The molecule has 0 atom stereocenters. The number of hydrogen-bond acceptors (Lipinski definition) is 8. The van der Waals surface area contributed by atoms with Gasteiger partial charge in [0.25, 0.3) is 0 Å². The Morgan fingerprint density at radius 1 is 0.529 bits per heavy atom. The molecule has 8 nitrogen and oxygen atoms in total. The SMILES string of the molecule is O=C([O-])Cl.O=C([O-])Cl.O=C([O-])Cl.O=C([O-])Cl.[C+4]. The summed E-state index contributed by atoms with van der Waals surface area (Å²) in [6.45, 7) is 0. The van der Waals surface area contributed by atoms with Crippen LogP contribution in [0.2, 0.25) is 0 Å². The van der Waals surface area contributed by atoms with E-state index >= 15 is 0 Å². The Hall–Kier alpha value is -0.960. The van der Waals surface area contributed by atoms with Crippen LogP contribution in [0, 0.1) is 7.43 Å². The van der Waals surface area contributed by atoms with E-state index in [-0.39, 0.29) is 7.43 Å². The molecule has 0 bridgehead atoms. The van der Waals surface area contributed by atoms with Crippen molar-refractivity contribution in [1.29, 1.82) is 0 Å². The number of rotatable bonds is 0. The summed E-state index contributed by atoms with van der Waals surface area (Å²) in [6, 6.07) is 0. The monoisotopic (exact) mass is 328 g/mol. The number of hydrogen-bond donors (Lipinski definition) is 0. The van der Waals surface area contributed by atoms with Crippen LogP contribution in [0.4, 0.5) is 19.2 Å². The first kappa shape index (κ1) is 29.8. The van der Waals surface area contributed by atoms with Crippen LogP contribution in [0.15, 0.2) is 0 Å². The molecule has 0 saturated heterocycles. The summed E-state index contributed by atoms with van der Waals surface area (Å²) in [5, 5.41) is 34.6. The molecule has 96 valence electrons. The van der Waals surface area contributed by atoms with Crippen LogP contribution >= 0.6 is 46.4 Å². The first-order valence-corrected chi connectivity index (χ1v) is 3.90. The second-order valence-corrected chi connectivity index (χ2v) is 2.18. The molecule has 0 saturated carbocycles. The molecule has 0 unspecified atom stereocenters. The van der Waals surface area contributed by atoms with Crippen LogP contribution in [0.5, 0.6) is 0 Å². The number of carbonyl (C=O) groups is 4. The van der Waals surface area contributed by atoms with Crippen molar-refractivity contribution >= 4 is 68.1 Å². The fraction of sp³-hybridized carbons (Fsp3) is 0. The van der Waals surface area contributed by atoms with E-state index < -0.39 is 21.7 Å². The smallest absolute Gasteiger partial charge is 0.534 e. The summed E-state index contributed by atoms with van der Waals surface area (Å²) in [5.74, 6) is 0. The van der Waals surface area contributed by atoms with E-state index in [4.69, 9.17) is 39.6 Å². The van der Waals surface area contributed by atoms with Crippen molar-refractivity contribution in [3.8, 4) is 0 Å². The molecular formula is C5Cl4O8. The van der Waals surface area contributed by atoms with Gasteiger partial charge in [0.2, 0.25) is 0 Å². The normalized spacial score (nSPS) is 5.88. The minimum absolute atomic E-state index is 0. The second-order valence-electron chi connectivity index (χ2n) is 0.951. The van der Waals surface area contributed by atoms with E-state index in [1.807, 2.05) is 0 Å². The van der Waals surface area contributed by atoms with Gasteiger partial charge in [0, 0.05) is 0 Å². The van der Waals surface area contributed by atoms with Gasteiger partial charge in [-0.1, -0.05) is 46.4 Å². The predicted octanol–water partition coefficient (Wildman–Crippen LogP) is -1.64. The van der Waals surface area contributed by atoms with Crippen molar-refractivity contribution in [2.24, 2.45) is 0 Å². The molecule has 0 aliphatic heterocycles. The zero-order valence-electron chi connectivity index (χ0n) is 7.28. The molecule has 0 N–H and O–H groups in total. The summed E-state index contributed by atoms with van der Waals surface area (Å²) < 4.78 is 0. The molecule has 0 aliphatic carbocycles. The molecule has 0 fully saturated rings. The van der Waals surface area contributed by atoms with Gasteiger partial charge in [0.1, 0.15) is 21.7 Å². The van der Waals surface area contributed by atoms with Gasteiger partial charge >= 0.3 is 7.43 Å². The van der Waals surface area contributed by atoms with Gasteiger partial charge < -0.3 is 39.6 Å². The Kier molecular flexibility index (Phi) is 42.6. The Balaban J connectivity index is -0.0000000369. The van der Waals surface area contributed by atoms with Crippen LogP contribution in [-0.4, -0.2) is 21.7 Å². The molecule has 12 heteroatoms. The fourth-order valence-electron chi connectivity index (χ4n) is 0. The zero-order valence-corrected chi connectivity index (χ0v) is 10.3. The summed E-state index contributed by atoms with van der Waals surface area (Å²) in [6.07, 6.45) is 0. The first-order chi connectivity index (χ1) is 6.93. The van der Waals surface area contributed by atoms with E-state index in [9.17, 15) is 0 Å². The van der Waals surface area contributed by atoms with Gasteiger partial charge in [-0.15, -0.1) is 0 Å². The largest absolute Gasteiger partial charge is 4.00 e. The third-order valence-corrected chi connectivity index (χ3v) is 0. The molecule has 0 heterocycles. The maximum Gasteiger partial charge on any atom is 4.00 e. The summed E-state index contributed by atoms with van der Waals surface area (Å²) >= 11 is 16.3. The summed E-state index contributed by atoms with van der Waals surface area (Å²) in [7, 11) is 0. The van der Waals surface area contributed by atoms with Gasteiger partial charge in [0.05, 0.1) is 0 Å². The minimum Gasteiger partial charge on any atom is -0.534 e. The van der Waals surface area contributed by atoms with Crippen molar-refractivity contribution in [2.45, 2.75) is 0 Å². The van der Waals surface area contributed by atoms with Crippen molar-refractivity contribution in [2.75, 3.05) is 0 Å². The third kappa shape index (κ3) is 2770. The Bertz CT molecular complexity index is 166. The van der Waals surface area contributed by atoms with E-state index in [0.717, 1.165) is 0 Å². The van der Waals surface area contributed by atoms with Crippen LogP contribution in [0.1, 0.15) is 0 Å². The van der Waals surface area contributed by atoms with Crippen LogP contribution in [-0.2, 0) is 0 Å². The van der Waals surface area contributed by atoms with E-state index in [0.29, 0.717) is 0 Å². The van der Waals surface area contributed by atoms with E-state index in [1.54, 1.807) is 0 Å². The van der Waals surface area contributed by atoms with E-state index in [1.165, 1.54) is 0 Å². The van der Waals surface area contributed by atoms with Crippen LogP contribution < -0.4 is 20.4 Å². The molecule has 0 aromatic rings. The van der Waals surface area contributed by atoms with Crippen LogP contribution in [0.25, 0.3) is 0 Å². The fourth-order valence-corrected chi connectivity index (χ4v) is 0. The standard InChI is InChI=1S/4CHClO2.C/c4*2-1(3)4;/h4*(H,3,4);/q;;;;+4/p-4. The Morgan fingerprint density at radius 2 is 0.529 bits per heavy atom. The average Bonchev–Trinajstić information content (AvgIpc) is 1.76. The quantitative estimate of drug-likeness (QED) is 0.478. The Labute approximate surface area is 115 Å². The molecule has 0 amide bonds. The molecule has 0 aromatic heterocycles. The molecule has 0 aliphatic rings. The maximum atomic E-state index is 8.65. The Morgan fingerprint density at radius 3 is 0.529 bits per heavy atom. The molecule has 17 heavy (non-hydrogen) atoms. The zero-order chi connectivity index (χ0) is 14.3. The molecule has 0 radical (unpaired) electrons. The number of halogens is 4. The minimum atomic E-state index is -1.61. The summed E-state index contributed by atoms with van der Waals surface area (Å²) in [4.78, 5) is 34.6. The molecule has 0 rings (SSSR count). The first-order valence-electron chi connectivity index (χ1n) is 2.39. The second kappa shape index (κ2) is 24.3. The van der Waals surface area contributed by atoms with Gasteiger partial charge in [-0.05, 0) is 0 Å². The van der Waals surface area contributed by atoms with Gasteiger partial charge in [-0.3, -0.25) is 0 Å². The number of carbonyl (C=O) groups excluding carboxylic acids is 4. The van der Waals surface area contributed by atoms with Gasteiger partial charge in [-0.25, -0.2) is 0 Å². The topological polar surface area (TPSA) is 161 Å². The van der Waals surface area contributed by atoms with Crippen molar-refractivity contribution in [3.63, 3.8) is 0 Å². The maximum absolute atomic E-state index is 8.65. The van der Waals surface area contributed by atoms with Gasteiger partial charge in [-0.2, -0.15) is 0 Å². The van der Waals surface area contributed by atoms with Crippen molar-refractivity contribution in [1.82, 2.24) is 0 Å². The summed E-state index contributed by atoms with van der Waals surface area (Å²) in [5.41, 5.74) is -6.44. The average molecular weight is 330 g/mol. The molecule has 0 spiro atoms. The predicted molar refractivity (Wildman–Crippen MR) is 48.2 cm³/mol. The molecular weight excluding hydrogens is 330 g/mol. The van der Waals surface area contributed by atoms with Crippen LogP contribution in [0.3, 0.4) is 0 Å². The third-order valence-electron chi connectivity index (χ3n) is 0. The van der Waals surface area contributed by atoms with Crippen molar-refractivity contribution < 1.29 is 39.6 Å². The van der Waals surface area contributed by atoms with E-state index in [2.05, 4.69) is 46.4 Å². The van der Waals surface area contributed by atoms with Gasteiger partial charge in [0.15, 0.2) is 0 Å².